The van der Waals surface area contributed by atoms with Gasteiger partial charge in [0.15, 0.2) is 5.58 Å². The van der Waals surface area contributed by atoms with Crippen LogP contribution in [0, 0.1) is 0 Å². The van der Waals surface area contributed by atoms with Gasteiger partial charge in [-0.2, -0.15) is 0 Å². The number of benzene rings is 7. The lowest BCUT2D eigenvalue weighted by Gasteiger charge is -2.11. The molecule has 4 heteroatoms. The summed E-state index contributed by atoms with van der Waals surface area (Å²) in [5.74, 6) is 0. The third-order valence-electron chi connectivity index (χ3n) is 9.68. The number of aromatic nitrogens is 2. The Labute approximate surface area is 261 Å². The summed E-state index contributed by atoms with van der Waals surface area (Å²) in [5.41, 5.74) is 10.3. The van der Waals surface area contributed by atoms with Crippen LogP contribution in [0.4, 0.5) is 0 Å². The van der Waals surface area contributed by atoms with Crippen molar-refractivity contribution in [2.75, 3.05) is 0 Å². The monoisotopic (exact) mass is 588 g/mol. The molecule has 0 fully saturated rings. The highest BCUT2D eigenvalue weighted by Crippen LogP contribution is 2.49. The van der Waals surface area contributed by atoms with Crippen LogP contribution < -0.4 is 0 Å². The van der Waals surface area contributed by atoms with Gasteiger partial charge in [-0.15, -0.1) is 0 Å². The van der Waals surface area contributed by atoms with Gasteiger partial charge in [0.1, 0.15) is 16.7 Å². The highest BCUT2D eigenvalue weighted by Gasteiger charge is 2.27. The minimum atomic E-state index is 0.881. The fourth-order valence-corrected chi connectivity index (χ4v) is 7.85. The van der Waals surface area contributed by atoms with Crippen molar-refractivity contribution in [3.05, 3.63) is 146 Å². The molecule has 4 aromatic heterocycles. The lowest BCUT2D eigenvalue weighted by molar-refractivity contribution is 0.669. The molecule has 7 aromatic carbocycles. The zero-order chi connectivity index (χ0) is 29.9. The minimum absolute atomic E-state index is 0.881. The van der Waals surface area contributed by atoms with Crippen molar-refractivity contribution < 1.29 is 8.83 Å². The molecule has 0 bridgehead atoms. The molecule has 0 N–H and O–H groups in total. The molecule has 0 saturated heterocycles. The summed E-state index contributed by atoms with van der Waals surface area (Å²) < 4.78 is 18.0. The molecular weight excluding hydrogens is 564 g/mol. The first-order valence-corrected chi connectivity index (χ1v) is 15.6. The Kier molecular flexibility index (Phi) is 4.55. The first kappa shape index (κ1) is 24.1. The van der Waals surface area contributed by atoms with Gasteiger partial charge in [-0.3, -0.25) is 0 Å². The van der Waals surface area contributed by atoms with Gasteiger partial charge < -0.3 is 18.0 Å². The van der Waals surface area contributed by atoms with Gasteiger partial charge in [-0.05, 0) is 54.6 Å². The van der Waals surface area contributed by atoms with Crippen molar-refractivity contribution in [1.82, 2.24) is 9.13 Å². The molecule has 4 nitrogen and oxygen atoms in total. The average molecular weight is 589 g/mol. The molecule has 0 radical (unpaired) electrons. The third-order valence-corrected chi connectivity index (χ3v) is 9.68. The maximum Gasteiger partial charge on any atom is 0.160 e. The van der Waals surface area contributed by atoms with Crippen LogP contribution in [-0.4, -0.2) is 9.13 Å². The molecule has 0 saturated carbocycles. The van der Waals surface area contributed by atoms with Crippen molar-refractivity contribution in [2.24, 2.45) is 0 Å². The zero-order valence-corrected chi connectivity index (χ0v) is 24.6. The molecule has 0 atom stereocenters. The summed E-state index contributed by atoms with van der Waals surface area (Å²) in [6.45, 7) is 0. The second kappa shape index (κ2) is 8.68. The van der Waals surface area contributed by atoms with Gasteiger partial charge in [-0.25, -0.2) is 0 Å². The Morgan fingerprint density at radius 3 is 1.67 bits per heavy atom. The number of rotatable bonds is 2. The first-order valence-electron chi connectivity index (χ1n) is 15.6. The molecule has 0 unspecified atom stereocenters. The molecular formula is C42H24N2O2. The molecule has 0 aliphatic rings. The normalized spacial score (nSPS) is 12.3. The summed E-state index contributed by atoms with van der Waals surface area (Å²) in [7, 11) is 0. The fraction of sp³-hybridized carbons (Fsp3) is 0. The smallest absolute Gasteiger partial charge is 0.160 e. The van der Waals surface area contributed by atoms with E-state index in [9.17, 15) is 0 Å². The van der Waals surface area contributed by atoms with Crippen LogP contribution in [0.1, 0.15) is 0 Å². The number of hydrogen-bond acceptors (Lipinski definition) is 2. The Morgan fingerprint density at radius 1 is 0.348 bits per heavy atom. The van der Waals surface area contributed by atoms with E-state index < -0.39 is 0 Å². The molecule has 0 aliphatic heterocycles. The molecule has 0 amide bonds. The second-order valence-electron chi connectivity index (χ2n) is 12.1. The summed E-state index contributed by atoms with van der Waals surface area (Å²) in [6, 6.07) is 51.5. The van der Waals surface area contributed by atoms with Gasteiger partial charge in [0, 0.05) is 54.5 Å². The molecule has 214 valence electrons. The van der Waals surface area contributed by atoms with Crippen molar-refractivity contribution >= 4 is 87.5 Å². The van der Waals surface area contributed by atoms with Crippen molar-refractivity contribution in [3.63, 3.8) is 0 Å². The van der Waals surface area contributed by atoms with Crippen LogP contribution >= 0.6 is 0 Å². The predicted molar refractivity (Wildman–Crippen MR) is 190 cm³/mol. The second-order valence-corrected chi connectivity index (χ2v) is 12.1. The highest BCUT2D eigenvalue weighted by atomic mass is 16.3. The minimum Gasteiger partial charge on any atom is -0.456 e. The van der Waals surface area contributed by atoms with Gasteiger partial charge >= 0.3 is 0 Å². The molecule has 0 aliphatic carbocycles. The van der Waals surface area contributed by atoms with E-state index >= 15 is 0 Å². The summed E-state index contributed by atoms with van der Waals surface area (Å²) in [5, 5.41) is 9.25. The maximum atomic E-state index is 6.92. The molecule has 11 rings (SSSR count). The Bertz CT molecular complexity index is 3020. The molecule has 0 spiro atoms. The van der Waals surface area contributed by atoms with E-state index in [-0.39, 0.29) is 0 Å². The average Bonchev–Trinajstić information content (AvgIpc) is 3.86. The summed E-state index contributed by atoms with van der Waals surface area (Å²) in [4.78, 5) is 0. The molecule has 4 heterocycles. The van der Waals surface area contributed by atoms with E-state index in [1.807, 2.05) is 12.1 Å². The zero-order valence-electron chi connectivity index (χ0n) is 24.6. The van der Waals surface area contributed by atoms with E-state index in [1.165, 1.54) is 32.6 Å². The standard InChI is InChI=1S/C42H24N2O2/c1-2-12-25(13-3-1)43-32-18-8-4-15-28(32)37-38-30-17-7-11-21-35(30)46-42(38)41-39(40(37)43)29-16-5-9-19-33(29)44(41)26-22-23-36-31(24-26)27-14-6-10-20-34(27)45-36/h1-24H. The lowest BCUT2D eigenvalue weighted by Crippen LogP contribution is -1.96. The predicted octanol–water partition coefficient (Wildman–Crippen LogP) is 11.7. The Balaban J connectivity index is 1.45. The van der Waals surface area contributed by atoms with E-state index in [4.69, 9.17) is 8.83 Å². The number of furan rings is 2. The van der Waals surface area contributed by atoms with Crippen molar-refractivity contribution in [2.45, 2.75) is 0 Å². The van der Waals surface area contributed by atoms with Gasteiger partial charge in [-0.1, -0.05) is 91.0 Å². The topological polar surface area (TPSA) is 36.1 Å². The van der Waals surface area contributed by atoms with Crippen LogP contribution in [0.2, 0.25) is 0 Å². The van der Waals surface area contributed by atoms with E-state index in [0.717, 1.165) is 66.3 Å². The maximum absolute atomic E-state index is 6.92. The van der Waals surface area contributed by atoms with Crippen LogP contribution in [0.15, 0.2) is 154 Å². The third kappa shape index (κ3) is 2.98. The van der Waals surface area contributed by atoms with Crippen LogP contribution in [0.25, 0.3) is 98.9 Å². The quantitative estimate of drug-likeness (QED) is 0.201. The SMILES string of the molecule is c1ccc(-n2c3ccccc3c3c4c5ccccc5oc4c4c(c5ccccc5n4-c4ccc5oc6ccccc6c5c4)c32)cc1. The first-order chi connectivity index (χ1) is 22.8. The lowest BCUT2D eigenvalue weighted by atomic mass is 10.0. The summed E-state index contributed by atoms with van der Waals surface area (Å²) >= 11 is 0. The number of para-hydroxylation sites is 5. The Hall–Kier alpha value is -6.26. The van der Waals surface area contributed by atoms with Crippen molar-refractivity contribution in [3.8, 4) is 11.4 Å². The van der Waals surface area contributed by atoms with E-state index in [0.29, 0.717) is 0 Å². The van der Waals surface area contributed by atoms with Gasteiger partial charge in [0.25, 0.3) is 0 Å². The number of hydrogen-bond donors (Lipinski definition) is 0. The van der Waals surface area contributed by atoms with Crippen LogP contribution in [-0.2, 0) is 0 Å². The molecule has 46 heavy (non-hydrogen) atoms. The van der Waals surface area contributed by atoms with Crippen molar-refractivity contribution in [1.29, 1.82) is 0 Å². The number of fused-ring (bicyclic) bond motifs is 15. The van der Waals surface area contributed by atoms with Gasteiger partial charge in [0.05, 0.1) is 22.1 Å². The van der Waals surface area contributed by atoms with Crippen LogP contribution in [0.3, 0.4) is 0 Å². The Morgan fingerprint density at radius 2 is 0.913 bits per heavy atom. The molecule has 11 aromatic rings. The van der Waals surface area contributed by atoms with E-state index in [2.05, 4.69) is 143 Å². The fourth-order valence-electron chi connectivity index (χ4n) is 7.85. The number of nitrogens with zero attached hydrogens (tertiary/aromatic N) is 2. The largest absolute Gasteiger partial charge is 0.456 e. The van der Waals surface area contributed by atoms with E-state index in [1.54, 1.807) is 0 Å². The highest BCUT2D eigenvalue weighted by molar-refractivity contribution is 6.39. The summed E-state index contributed by atoms with van der Waals surface area (Å²) in [6.07, 6.45) is 0. The van der Waals surface area contributed by atoms with Crippen LogP contribution in [0.5, 0.6) is 0 Å². The van der Waals surface area contributed by atoms with Gasteiger partial charge in [0.2, 0.25) is 0 Å².